The number of amides is 1. The van der Waals surface area contributed by atoms with Crippen LogP contribution in [-0.4, -0.2) is 17.1 Å². The molecule has 0 saturated carbocycles. The number of nitriles is 1. The summed E-state index contributed by atoms with van der Waals surface area (Å²) in [6.07, 6.45) is 1.46. The average molecular weight is 388 g/mol. The molecule has 1 aromatic carbocycles. The summed E-state index contributed by atoms with van der Waals surface area (Å²) in [6, 6.07) is 5.08. The van der Waals surface area contributed by atoms with Gasteiger partial charge in [-0.3, -0.25) is 4.79 Å². The van der Waals surface area contributed by atoms with E-state index in [2.05, 4.69) is 37.2 Å². The molecule has 100 valence electrons. The molecule has 1 amide bonds. The van der Waals surface area contributed by atoms with Crippen molar-refractivity contribution in [2.24, 2.45) is 0 Å². The van der Waals surface area contributed by atoms with Crippen molar-refractivity contribution in [2.45, 2.75) is 19.9 Å². The molecule has 0 bridgehead atoms. The van der Waals surface area contributed by atoms with Crippen molar-refractivity contribution >= 4 is 43.8 Å². The molecule has 0 saturated heterocycles. The first-order valence-electron chi connectivity index (χ1n) is 5.45. The van der Waals surface area contributed by atoms with Gasteiger partial charge in [0, 0.05) is 6.04 Å². The van der Waals surface area contributed by atoms with E-state index in [1.165, 1.54) is 6.08 Å². The van der Waals surface area contributed by atoms with Gasteiger partial charge in [0.05, 0.1) is 8.95 Å². The predicted octanol–water partition coefficient (Wildman–Crippen LogP) is 3.35. The monoisotopic (exact) mass is 386 g/mol. The van der Waals surface area contributed by atoms with E-state index >= 15 is 0 Å². The Labute approximate surface area is 128 Å². The van der Waals surface area contributed by atoms with E-state index in [0.29, 0.717) is 14.5 Å². The Kier molecular flexibility index (Phi) is 5.58. The molecule has 6 heteroatoms. The molecule has 4 nitrogen and oxygen atoms in total. The van der Waals surface area contributed by atoms with E-state index in [1.54, 1.807) is 12.1 Å². The molecule has 0 fully saturated rings. The second kappa shape index (κ2) is 6.73. The number of phenolic OH excluding ortho intramolecular Hbond substituents is 1. The Morgan fingerprint density at radius 3 is 2.37 bits per heavy atom. The normalized spacial score (nSPS) is 11.3. The number of carbonyl (C=O) groups is 1. The number of hydrogen-bond acceptors (Lipinski definition) is 3. The van der Waals surface area contributed by atoms with E-state index in [4.69, 9.17) is 5.26 Å². The van der Waals surface area contributed by atoms with Crippen LogP contribution >= 0.6 is 31.9 Å². The summed E-state index contributed by atoms with van der Waals surface area (Å²) in [5.41, 5.74) is 0.644. The zero-order chi connectivity index (χ0) is 14.6. The largest absolute Gasteiger partial charge is 0.506 e. The molecule has 0 unspecified atom stereocenters. The third-order valence-electron chi connectivity index (χ3n) is 2.14. The van der Waals surface area contributed by atoms with Crippen molar-refractivity contribution in [2.75, 3.05) is 0 Å². The molecule has 0 aromatic heterocycles. The zero-order valence-electron chi connectivity index (χ0n) is 10.4. The summed E-state index contributed by atoms with van der Waals surface area (Å²) in [6.45, 7) is 3.64. The van der Waals surface area contributed by atoms with Crippen LogP contribution in [0.2, 0.25) is 0 Å². The van der Waals surface area contributed by atoms with Crippen LogP contribution in [0.5, 0.6) is 5.75 Å². The Morgan fingerprint density at radius 1 is 1.42 bits per heavy atom. The number of hydrogen-bond donors (Lipinski definition) is 2. The fourth-order valence-electron chi connectivity index (χ4n) is 1.32. The van der Waals surface area contributed by atoms with Gasteiger partial charge < -0.3 is 10.4 Å². The van der Waals surface area contributed by atoms with Crippen LogP contribution < -0.4 is 5.32 Å². The lowest BCUT2D eigenvalue weighted by molar-refractivity contribution is -0.117. The maximum atomic E-state index is 11.8. The van der Waals surface area contributed by atoms with Gasteiger partial charge in [-0.1, -0.05) is 0 Å². The van der Waals surface area contributed by atoms with Gasteiger partial charge in [0.1, 0.15) is 17.4 Å². The van der Waals surface area contributed by atoms with Crippen LogP contribution in [0.1, 0.15) is 19.4 Å². The smallest absolute Gasteiger partial charge is 0.262 e. The molecule has 1 aromatic rings. The third kappa shape index (κ3) is 4.37. The maximum absolute atomic E-state index is 11.8. The summed E-state index contributed by atoms with van der Waals surface area (Å²) in [5, 5.41) is 21.3. The van der Waals surface area contributed by atoms with Crippen LogP contribution in [0.15, 0.2) is 26.7 Å². The molecule has 0 heterocycles. The molecule has 2 N–H and O–H groups in total. The summed E-state index contributed by atoms with van der Waals surface area (Å²) in [7, 11) is 0. The minimum atomic E-state index is -0.419. The first kappa shape index (κ1) is 15.7. The number of nitrogens with zero attached hydrogens (tertiary/aromatic N) is 1. The van der Waals surface area contributed by atoms with Crippen LogP contribution in [0.25, 0.3) is 6.08 Å². The molecule has 0 aliphatic carbocycles. The highest BCUT2D eigenvalue weighted by molar-refractivity contribution is 9.11. The lowest BCUT2D eigenvalue weighted by atomic mass is 10.1. The van der Waals surface area contributed by atoms with Gasteiger partial charge in [0.25, 0.3) is 5.91 Å². The zero-order valence-corrected chi connectivity index (χ0v) is 13.5. The van der Waals surface area contributed by atoms with Gasteiger partial charge >= 0.3 is 0 Å². The number of nitrogens with one attached hydrogen (secondary N) is 1. The van der Waals surface area contributed by atoms with Crippen molar-refractivity contribution in [3.05, 3.63) is 32.2 Å². The van der Waals surface area contributed by atoms with E-state index in [0.717, 1.165) is 0 Å². The minimum Gasteiger partial charge on any atom is -0.506 e. The highest BCUT2D eigenvalue weighted by atomic mass is 79.9. The number of carbonyl (C=O) groups excluding carboxylic acids is 1. The fourth-order valence-corrected chi connectivity index (χ4v) is 2.55. The number of benzene rings is 1. The molecule has 0 aliphatic rings. The summed E-state index contributed by atoms with van der Waals surface area (Å²) < 4.78 is 0.962. The second-order valence-corrected chi connectivity index (χ2v) is 5.84. The van der Waals surface area contributed by atoms with Crippen molar-refractivity contribution < 1.29 is 9.90 Å². The van der Waals surface area contributed by atoms with Crippen LogP contribution in [0.4, 0.5) is 0 Å². The number of rotatable bonds is 3. The van der Waals surface area contributed by atoms with Gasteiger partial charge in [-0.2, -0.15) is 5.26 Å². The standard InChI is InChI=1S/C13H12Br2N2O2/c1-7(2)17-13(19)9(6-16)3-8-4-10(14)12(18)11(15)5-8/h3-5,7,18H,1-2H3,(H,17,19)/b9-3-. The Bertz CT molecular complexity index is 551. The van der Waals surface area contributed by atoms with Crippen molar-refractivity contribution in [3.63, 3.8) is 0 Å². The predicted molar refractivity (Wildman–Crippen MR) is 80.4 cm³/mol. The van der Waals surface area contributed by atoms with Crippen molar-refractivity contribution in [3.8, 4) is 11.8 Å². The Morgan fingerprint density at radius 2 is 1.95 bits per heavy atom. The SMILES string of the molecule is CC(C)NC(=O)/C(C#N)=C\c1cc(Br)c(O)c(Br)c1. The molecule has 1 rings (SSSR count). The fraction of sp³-hybridized carbons (Fsp3) is 0.231. The van der Waals surface area contributed by atoms with Gasteiger partial charge in [0.2, 0.25) is 0 Å². The van der Waals surface area contributed by atoms with Crippen molar-refractivity contribution in [1.82, 2.24) is 5.32 Å². The number of aromatic hydroxyl groups is 1. The molecular weight excluding hydrogens is 376 g/mol. The molecule has 0 atom stereocenters. The first-order chi connectivity index (χ1) is 8.85. The lowest BCUT2D eigenvalue weighted by Gasteiger charge is -2.07. The van der Waals surface area contributed by atoms with Crippen molar-refractivity contribution in [1.29, 1.82) is 5.26 Å². The number of phenols is 1. The van der Waals surface area contributed by atoms with Gasteiger partial charge in [-0.15, -0.1) is 0 Å². The molecule has 0 spiro atoms. The van der Waals surface area contributed by atoms with Crippen LogP contribution in [-0.2, 0) is 4.79 Å². The lowest BCUT2D eigenvalue weighted by Crippen LogP contribution is -2.30. The van der Waals surface area contributed by atoms with E-state index in [-0.39, 0.29) is 17.4 Å². The van der Waals surface area contributed by atoms with Crippen LogP contribution in [0.3, 0.4) is 0 Å². The quantitative estimate of drug-likeness (QED) is 0.616. The number of halogens is 2. The summed E-state index contributed by atoms with van der Waals surface area (Å²) in [5.74, 6) is -0.347. The second-order valence-electron chi connectivity index (χ2n) is 4.13. The molecule has 19 heavy (non-hydrogen) atoms. The molecule has 0 radical (unpaired) electrons. The van der Waals surface area contributed by atoms with E-state index in [9.17, 15) is 9.90 Å². The van der Waals surface area contributed by atoms with E-state index < -0.39 is 5.91 Å². The first-order valence-corrected chi connectivity index (χ1v) is 7.04. The van der Waals surface area contributed by atoms with Gasteiger partial charge in [-0.05, 0) is 69.5 Å². The van der Waals surface area contributed by atoms with Gasteiger partial charge in [-0.25, -0.2) is 0 Å². The van der Waals surface area contributed by atoms with E-state index in [1.807, 2.05) is 19.9 Å². The highest BCUT2D eigenvalue weighted by Gasteiger charge is 2.11. The molecular formula is C13H12Br2N2O2. The Hall–Kier alpha value is -1.32. The third-order valence-corrected chi connectivity index (χ3v) is 3.34. The maximum Gasteiger partial charge on any atom is 0.262 e. The topological polar surface area (TPSA) is 73.1 Å². The highest BCUT2D eigenvalue weighted by Crippen LogP contribution is 2.33. The summed E-state index contributed by atoms with van der Waals surface area (Å²) in [4.78, 5) is 11.8. The van der Waals surface area contributed by atoms with Crippen LogP contribution in [0, 0.1) is 11.3 Å². The molecule has 0 aliphatic heterocycles. The van der Waals surface area contributed by atoms with Gasteiger partial charge in [0.15, 0.2) is 0 Å². The Balaban J connectivity index is 3.12. The average Bonchev–Trinajstić information content (AvgIpc) is 2.31. The minimum absolute atomic E-state index is 0.0122. The summed E-state index contributed by atoms with van der Waals surface area (Å²) >= 11 is 6.39.